The Labute approximate surface area is 216 Å². The van der Waals surface area contributed by atoms with E-state index in [2.05, 4.69) is 31.7 Å². The van der Waals surface area contributed by atoms with Crippen molar-refractivity contribution in [3.05, 3.63) is 72.6 Å². The van der Waals surface area contributed by atoms with Crippen LogP contribution in [0.4, 0.5) is 22.9 Å². The Balaban J connectivity index is 1.60. The fraction of sp³-hybridized carbons (Fsp3) is 0.214. The van der Waals surface area contributed by atoms with Gasteiger partial charge >= 0.3 is 0 Å². The zero-order valence-corrected chi connectivity index (χ0v) is 21.0. The van der Waals surface area contributed by atoms with Crippen molar-refractivity contribution in [3.8, 4) is 34.8 Å². The van der Waals surface area contributed by atoms with E-state index in [1.165, 1.54) is 0 Å². The van der Waals surface area contributed by atoms with Crippen LogP contribution in [0.25, 0.3) is 11.1 Å². The molecule has 0 bridgehead atoms. The van der Waals surface area contributed by atoms with Crippen LogP contribution in [-0.2, 0) is 0 Å². The lowest BCUT2D eigenvalue weighted by molar-refractivity contribution is 0.326. The number of hydrogen-bond donors (Lipinski definition) is 2. The van der Waals surface area contributed by atoms with E-state index < -0.39 is 0 Å². The Morgan fingerprint density at radius 1 is 0.730 bits per heavy atom. The average molecular weight is 497 g/mol. The highest BCUT2D eigenvalue weighted by molar-refractivity contribution is 5.75. The molecule has 4 aromatic rings. The lowest BCUT2D eigenvalue weighted by atomic mass is 10.1. The first-order valence-corrected chi connectivity index (χ1v) is 12.0. The molecule has 0 fully saturated rings. The minimum atomic E-state index is 0.244. The Morgan fingerprint density at radius 2 is 1.41 bits per heavy atom. The molecule has 0 spiro atoms. The number of nitrogens with one attached hydrogen (secondary N) is 2. The minimum absolute atomic E-state index is 0.244. The van der Waals surface area contributed by atoms with E-state index in [4.69, 9.17) is 14.2 Å². The first-order valence-electron chi connectivity index (χ1n) is 12.0. The van der Waals surface area contributed by atoms with E-state index in [9.17, 15) is 5.26 Å². The third kappa shape index (κ3) is 6.44. The van der Waals surface area contributed by atoms with Gasteiger partial charge in [-0.15, -0.1) is 0 Å². The second kappa shape index (κ2) is 12.2. The molecule has 0 atom stereocenters. The van der Waals surface area contributed by atoms with E-state index in [1.807, 2.05) is 57.2 Å². The molecule has 0 aliphatic carbocycles. The van der Waals surface area contributed by atoms with Crippen molar-refractivity contribution >= 4 is 22.9 Å². The second-order valence-electron chi connectivity index (χ2n) is 7.74. The lowest BCUT2D eigenvalue weighted by Gasteiger charge is -2.15. The number of rotatable bonds is 11. The Bertz CT molecular complexity index is 1390. The maximum absolute atomic E-state index is 9.83. The fourth-order valence-corrected chi connectivity index (χ4v) is 3.61. The van der Waals surface area contributed by atoms with E-state index in [0.717, 1.165) is 22.5 Å². The van der Waals surface area contributed by atoms with Gasteiger partial charge in [-0.05, 0) is 56.2 Å². The van der Waals surface area contributed by atoms with Crippen molar-refractivity contribution in [2.45, 2.75) is 20.8 Å². The van der Waals surface area contributed by atoms with Gasteiger partial charge in [0.15, 0.2) is 0 Å². The van der Waals surface area contributed by atoms with Gasteiger partial charge in [0, 0.05) is 42.0 Å². The van der Waals surface area contributed by atoms with Crippen molar-refractivity contribution in [2.24, 2.45) is 0 Å². The minimum Gasteiger partial charge on any atom is -0.478 e. The van der Waals surface area contributed by atoms with Gasteiger partial charge in [-0.25, -0.2) is 9.97 Å². The Hall–Kier alpha value is -4.84. The highest BCUT2D eigenvalue weighted by Crippen LogP contribution is 2.32. The molecule has 4 rings (SSSR count). The molecule has 0 saturated carbocycles. The Kier molecular flexibility index (Phi) is 8.34. The maximum Gasteiger partial charge on any atom is 0.235 e. The number of anilines is 4. The number of pyridine rings is 3. The van der Waals surface area contributed by atoms with Gasteiger partial charge in [0.2, 0.25) is 17.6 Å². The van der Waals surface area contributed by atoms with E-state index in [0.29, 0.717) is 48.6 Å². The smallest absolute Gasteiger partial charge is 0.235 e. The van der Waals surface area contributed by atoms with Crippen LogP contribution >= 0.6 is 0 Å². The van der Waals surface area contributed by atoms with Crippen molar-refractivity contribution in [1.29, 1.82) is 5.26 Å². The summed E-state index contributed by atoms with van der Waals surface area (Å²) in [5.74, 6) is 1.86. The normalized spacial score (nSPS) is 10.3. The van der Waals surface area contributed by atoms with Crippen LogP contribution in [0.15, 0.2) is 67.0 Å². The molecule has 0 radical (unpaired) electrons. The van der Waals surface area contributed by atoms with Crippen LogP contribution in [0.3, 0.4) is 0 Å². The highest BCUT2D eigenvalue weighted by Gasteiger charge is 2.15. The van der Waals surface area contributed by atoms with Crippen LogP contribution in [0.5, 0.6) is 17.6 Å². The number of nitriles is 1. The molecule has 9 nitrogen and oxygen atoms in total. The summed E-state index contributed by atoms with van der Waals surface area (Å²) in [5, 5.41) is 16.4. The summed E-state index contributed by atoms with van der Waals surface area (Å²) in [6, 6.07) is 19.3. The van der Waals surface area contributed by atoms with Gasteiger partial charge in [0.05, 0.1) is 25.5 Å². The SMILES string of the molecule is CCOc1cc(Nc2cc(Nc3ccc(-c4ccnc(OCC)c4)cc3)nc(OCC)c2C#N)ccn1. The lowest BCUT2D eigenvalue weighted by Crippen LogP contribution is -2.05. The predicted molar refractivity (Wildman–Crippen MR) is 143 cm³/mol. The molecule has 0 aliphatic heterocycles. The van der Waals surface area contributed by atoms with E-state index in [1.54, 1.807) is 30.6 Å². The molecule has 188 valence electrons. The number of benzene rings is 1. The van der Waals surface area contributed by atoms with Gasteiger partial charge in [0.1, 0.15) is 17.5 Å². The summed E-state index contributed by atoms with van der Waals surface area (Å²) in [5.41, 5.74) is 4.45. The van der Waals surface area contributed by atoms with Gasteiger partial charge in [0.25, 0.3) is 0 Å². The molecule has 3 aromatic heterocycles. The summed E-state index contributed by atoms with van der Waals surface area (Å²) in [6.07, 6.45) is 3.38. The van der Waals surface area contributed by atoms with Gasteiger partial charge in [-0.2, -0.15) is 10.2 Å². The average Bonchev–Trinajstić information content (AvgIpc) is 2.90. The summed E-state index contributed by atoms with van der Waals surface area (Å²) in [7, 11) is 0. The topological polar surface area (TPSA) is 114 Å². The fourth-order valence-electron chi connectivity index (χ4n) is 3.61. The van der Waals surface area contributed by atoms with E-state index in [-0.39, 0.29) is 5.88 Å². The van der Waals surface area contributed by atoms with Crippen LogP contribution in [-0.4, -0.2) is 34.8 Å². The van der Waals surface area contributed by atoms with Crippen LogP contribution in [0.1, 0.15) is 26.3 Å². The van der Waals surface area contributed by atoms with Crippen LogP contribution in [0.2, 0.25) is 0 Å². The third-order valence-electron chi connectivity index (χ3n) is 5.20. The quantitative estimate of drug-likeness (QED) is 0.254. The van der Waals surface area contributed by atoms with Crippen molar-refractivity contribution in [1.82, 2.24) is 15.0 Å². The molecular weight excluding hydrogens is 468 g/mol. The van der Waals surface area contributed by atoms with E-state index >= 15 is 0 Å². The third-order valence-corrected chi connectivity index (χ3v) is 5.20. The molecule has 0 unspecified atom stereocenters. The molecule has 9 heteroatoms. The van der Waals surface area contributed by atoms with Gasteiger partial charge in [-0.3, -0.25) is 0 Å². The molecule has 3 heterocycles. The highest BCUT2D eigenvalue weighted by atomic mass is 16.5. The molecule has 2 N–H and O–H groups in total. The summed E-state index contributed by atoms with van der Waals surface area (Å²) in [4.78, 5) is 12.9. The molecule has 0 amide bonds. The molecule has 37 heavy (non-hydrogen) atoms. The van der Waals surface area contributed by atoms with Crippen LogP contribution < -0.4 is 24.8 Å². The Morgan fingerprint density at radius 3 is 2.08 bits per heavy atom. The van der Waals surface area contributed by atoms with Crippen molar-refractivity contribution in [3.63, 3.8) is 0 Å². The zero-order chi connectivity index (χ0) is 26.0. The van der Waals surface area contributed by atoms with Gasteiger partial charge < -0.3 is 24.8 Å². The van der Waals surface area contributed by atoms with Gasteiger partial charge in [-0.1, -0.05) is 12.1 Å². The number of hydrogen-bond acceptors (Lipinski definition) is 9. The number of nitrogens with zero attached hydrogens (tertiary/aromatic N) is 4. The summed E-state index contributed by atoms with van der Waals surface area (Å²) < 4.78 is 16.7. The standard InChI is InChI=1S/C28H28N6O3/c1-4-35-26-15-20(11-13-30-26)19-7-9-21(10-8-19)33-25-17-24(23(18-29)28(34-25)37-6-3)32-22-12-14-31-27(16-22)36-5-2/h7-17H,4-6H2,1-3H3,(H2,31,32,33,34). The second-order valence-corrected chi connectivity index (χ2v) is 7.74. The molecule has 1 aromatic carbocycles. The predicted octanol–water partition coefficient (Wildman–Crippen LogP) is 6.09. The maximum atomic E-state index is 9.83. The molecular formula is C28H28N6O3. The first-order chi connectivity index (χ1) is 18.1. The largest absolute Gasteiger partial charge is 0.478 e. The number of aromatic nitrogens is 3. The molecule has 0 aliphatic rings. The monoisotopic (exact) mass is 496 g/mol. The molecule has 0 saturated heterocycles. The van der Waals surface area contributed by atoms with Crippen molar-refractivity contribution in [2.75, 3.05) is 30.5 Å². The zero-order valence-electron chi connectivity index (χ0n) is 21.0. The number of ether oxygens (including phenoxy) is 3. The summed E-state index contributed by atoms with van der Waals surface area (Å²) in [6.45, 7) is 7.12. The summed E-state index contributed by atoms with van der Waals surface area (Å²) >= 11 is 0. The first kappa shape index (κ1) is 25.3. The van der Waals surface area contributed by atoms with Crippen molar-refractivity contribution < 1.29 is 14.2 Å². The van der Waals surface area contributed by atoms with Crippen LogP contribution in [0, 0.1) is 11.3 Å².